The molecule has 1 heterocycles. The minimum Gasteiger partial charge on any atom is -0.339 e. The van der Waals surface area contributed by atoms with Gasteiger partial charge in [-0.1, -0.05) is 30.3 Å². The molecule has 0 spiro atoms. The van der Waals surface area contributed by atoms with Crippen LogP contribution in [0.3, 0.4) is 0 Å². The van der Waals surface area contributed by atoms with Gasteiger partial charge in [0.1, 0.15) is 0 Å². The van der Waals surface area contributed by atoms with Crippen LogP contribution >= 0.6 is 15.9 Å². The molecule has 1 amide bonds. The Balaban J connectivity index is 2.03. The number of carbonyl (C=O) groups excluding carboxylic acids is 1. The lowest BCUT2D eigenvalue weighted by molar-refractivity contribution is 0.0765. The number of nitrogens with zero attached hydrogens (tertiary/aromatic N) is 2. The molecule has 4 heteroatoms. The molecule has 0 atom stereocenters. The van der Waals surface area contributed by atoms with Crippen molar-refractivity contribution in [1.29, 1.82) is 0 Å². The van der Waals surface area contributed by atoms with Crippen molar-refractivity contribution >= 4 is 21.8 Å². The van der Waals surface area contributed by atoms with Crippen LogP contribution in [0.1, 0.15) is 22.8 Å². The molecule has 0 saturated heterocycles. The highest BCUT2D eigenvalue weighted by Gasteiger charge is 2.14. The molecular weight excluding hydrogens is 316 g/mol. The molecule has 3 nitrogen and oxygen atoms in total. The first-order chi connectivity index (χ1) is 9.70. The minimum atomic E-state index is 0.0252. The molecule has 0 aliphatic rings. The fourth-order valence-electron chi connectivity index (χ4n) is 2.02. The molecule has 0 N–H and O–H groups in total. The van der Waals surface area contributed by atoms with Crippen LogP contribution < -0.4 is 0 Å². The Labute approximate surface area is 127 Å². The zero-order valence-corrected chi connectivity index (χ0v) is 13.0. The molecule has 1 aromatic heterocycles. The lowest BCUT2D eigenvalue weighted by atomic mass is 10.1. The number of pyridine rings is 1. The van der Waals surface area contributed by atoms with E-state index >= 15 is 0 Å². The van der Waals surface area contributed by atoms with E-state index in [4.69, 9.17) is 0 Å². The van der Waals surface area contributed by atoms with Gasteiger partial charge in [-0.25, -0.2) is 0 Å². The fourth-order valence-corrected chi connectivity index (χ4v) is 2.39. The Bertz CT molecular complexity index is 572. The molecule has 1 aromatic carbocycles. The normalized spacial score (nSPS) is 10.3. The zero-order chi connectivity index (χ0) is 14.4. The maximum atomic E-state index is 12.4. The molecule has 0 saturated carbocycles. The summed E-state index contributed by atoms with van der Waals surface area (Å²) >= 11 is 3.34. The van der Waals surface area contributed by atoms with Crippen LogP contribution in [-0.4, -0.2) is 28.9 Å². The number of hydrogen-bond acceptors (Lipinski definition) is 2. The number of rotatable bonds is 5. The summed E-state index contributed by atoms with van der Waals surface area (Å²) in [5.41, 5.74) is 1.86. The zero-order valence-electron chi connectivity index (χ0n) is 11.4. The van der Waals surface area contributed by atoms with Crippen LogP contribution in [-0.2, 0) is 6.42 Å². The molecule has 2 rings (SSSR count). The predicted molar refractivity (Wildman–Crippen MR) is 83.7 cm³/mol. The van der Waals surface area contributed by atoms with Crippen molar-refractivity contribution in [3.63, 3.8) is 0 Å². The van der Waals surface area contributed by atoms with Crippen molar-refractivity contribution in [2.24, 2.45) is 0 Å². The van der Waals surface area contributed by atoms with Crippen LogP contribution in [0, 0.1) is 0 Å². The third-order valence-corrected chi connectivity index (χ3v) is 3.57. The van der Waals surface area contributed by atoms with Gasteiger partial charge in [-0.3, -0.25) is 9.78 Å². The third-order valence-electron chi connectivity index (χ3n) is 3.13. The summed E-state index contributed by atoms with van der Waals surface area (Å²) in [6.07, 6.45) is 4.15. The van der Waals surface area contributed by atoms with E-state index in [-0.39, 0.29) is 5.91 Å². The second kappa shape index (κ2) is 7.20. The second-order valence-corrected chi connectivity index (χ2v) is 5.43. The third kappa shape index (κ3) is 3.90. The summed E-state index contributed by atoms with van der Waals surface area (Å²) in [6, 6.07) is 12.0. The van der Waals surface area contributed by atoms with E-state index in [2.05, 4.69) is 33.0 Å². The second-order valence-electron chi connectivity index (χ2n) is 4.51. The summed E-state index contributed by atoms with van der Waals surface area (Å²) in [6.45, 7) is 3.40. The van der Waals surface area contributed by atoms with Crippen molar-refractivity contribution in [1.82, 2.24) is 9.88 Å². The average Bonchev–Trinajstić information content (AvgIpc) is 2.48. The number of likely N-dealkylation sites (N-methyl/N-ethyl adjacent to an activating group) is 1. The van der Waals surface area contributed by atoms with Gasteiger partial charge in [0.15, 0.2) is 0 Å². The number of benzene rings is 1. The molecule has 0 radical (unpaired) electrons. The highest BCUT2D eigenvalue weighted by molar-refractivity contribution is 9.10. The number of halogens is 1. The van der Waals surface area contributed by atoms with Crippen molar-refractivity contribution < 1.29 is 4.79 Å². The first kappa shape index (κ1) is 14.7. The lowest BCUT2D eigenvalue weighted by Gasteiger charge is -2.21. The first-order valence-corrected chi connectivity index (χ1v) is 7.43. The van der Waals surface area contributed by atoms with E-state index in [0.29, 0.717) is 18.7 Å². The number of carbonyl (C=O) groups is 1. The fraction of sp³-hybridized carbons (Fsp3) is 0.250. The predicted octanol–water partition coefficient (Wildman–Crippen LogP) is 3.55. The maximum absolute atomic E-state index is 12.4. The molecule has 104 valence electrons. The van der Waals surface area contributed by atoms with Crippen LogP contribution in [0.15, 0.2) is 53.3 Å². The molecule has 2 aromatic rings. The Morgan fingerprint density at radius 2 is 2.00 bits per heavy atom. The number of amides is 1. The topological polar surface area (TPSA) is 33.2 Å². The van der Waals surface area contributed by atoms with Gasteiger partial charge in [0.2, 0.25) is 0 Å². The number of hydrogen-bond donors (Lipinski definition) is 0. The van der Waals surface area contributed by atoms with Crippen molar-refractivity contribution in [3.05, 3.63) is 64.4 Å². The Kier molecular flexibility index (Phi) is 5.30. The van der Waals surface area contributed by atoms with E-state index in [1.807, 2.05) is 30.0 Å². The van der Waals surface area contributed by atoms with Gasteiger partial charge in [-0.15, -0.1) is 0 Å². The quantitative estimate of drug-likeness (QED) is 0.838. The Hall–Kier alpha value is -1.68. The van der Waals surface area contributed by atoms with Crippen LogP contribution in [0.5, 0.6) is 0 Å². The van der Waals surface area contributed by atoms with Crippen LogP contribution in [0.2, 0.25) is 0 Å². The SMILES string of the molecule is CCN(CCc1ccccc1)C(=O)c1cncc(Br)c1. The molecule has 0 fully saturated rings. The Morgan fingerprint density at radius 1 is 1.25 bits per heavy atom. The lowest BCUT2D eigenvalue weighted by Crippen LogP contribution is -2.32. The van der Waals surface area contributed by atoms with Crippen LogP contribution in [0.25, 0.3) is 0 Å². The molecule has 0 aliphatic heterocycles. The van der Waals surface area contributed by atoms with Crippen molar-refractivity contribution in [2.45, 2.75) is 13.3 Å². The minimum absolute atomic E-state index is 0.0252. The summed E-state index contributed by atoms with van der Waals surface area (Å²) in [5.74, 6) is 0.0252. The van der Waals surface area contributed by atoms with Gasteiger partial charge >= 0.3 is 0 Å². The molecule has 0 aliphatic carbocycles. The molecule has 20 heavy (non-hydrogen) atoms. The summed E-state index contributed by atoms with van der Waals surface area (Å²) < 4.78 is 0.822. The molecular formula is C16H17BrN2O. The largest absolute Gasteiger partial charge is 0.339 e. The number of aromatic nitrogens is 1. The van der Waals surface area contributed by atoms with E-state index in [1.54, 1.807) is 18.5 Å². The van der Waals surface area contributed by atoms with Crippen molar-refractivity contribution in [3.8, 4) is 0 Å². The molecule has 0 bridgehead atoms. The van der Waals surface area contributed by atoms with Gasteiger partial charge in [0.05, 0.1) is 5.56 Å². The van der Waals surface area contributed by atoms with E-state index in [1.165, 1.54) is 5.56 Å². The van der Waals surface area contributed by atoms with E-state index in [9.17, 15) is 4.79 Å². The standard InChI is InChI=1S/C16H17BrN2O/c1-2-19(9-8-13-6-4-3-5-7-13)16(20)14-10-15(17)12-18-11-14/h3-7,10-12H,2,8-9H2,1H3. The van der Waals surface area contributed by atoms with Gasteiger partial charge in [-0.2, -0.15) is 0 Å². The summed E-state index contributed by atoms with van der Waals surface area (Å²) in [7, 11) is 0. The molecule has 0 unspecified atom stereocenters. The monoisotopic (exact) mass is 332 g/mol. The highest BCUT2D eigenvalue weighted by atomic mass is 79.9. The average molecular weight is 333 g/mol. The first-order valence-electron chi connectivity index (χ1n) is 6.64. The van der Waals surface area contributed by atoms with Gasteiger partial charge in [0, 0.05) is 30.0 Å². The van der Waals surface area contributed by atoms with Crippen LogP contribution in [0.4, 0.5) is 0 Å². The summed E-state index contributed by atoms with van der Waals surface area (Å²) in [5, 5.41) is 0. The van der Waals surface area contributed by atoms with Gasteiger partial charge < -0.3 is 4.90 Å². The maximum Gasteiger partial charge on any atom is 0.255 e. The van der Waals surface area contributed by atoms with Gasteiger partial charge in [0.25, 0.3) is 5.91 Å². The van der Waals surface area contributed by atoms with Gasteiger partial charge in [-0.05, 0) is 40.9 Å². The van der Waals surface area contributed by atoms with E-state index in [0.717, 1.165) is 10.9 Å². The van der Waals surface area contributed by atoms with E-state index < -0.39 is 0 Å². The summed E-state index contributed by atoms with van der Waals surface area (Å²) in [4.78, 5) is 18.3. The van der Waals surface area contributed by atoms with Crippen molar-refractivity contribution in [2.75, 3.05) is 13.1 Å². The smallest absolute Gasteiger partial charge is 0.255 e. The Morgan fingerprint density at radius 3 is 2.65 bits per heavy atom. The highest BCUT2D eigenvalue weighted by Crippen LogP contribution is 2.12.